The standard InChI is InChI=1S/C25H33N5O/c1-5-26-25(28-12-11-21-10-9-19(2)24(16-21)31-4)29-17-22-7-6-8-23(15-22)18-30-14-13-27-20(30)3/h6-10,13-16H,5,11-12,17-18H2,1-4H3,(H2,26,28,29). The molecule has 0 bridgehead atoms. The Balaban J connectivity index is 1.58. The van der Waals surface area contributed by atoms with Gasteiger partial charge < -0.3 is 19.9 Å². The fourth-order valence-electron chi connectivity index (χ4n) is 3.45. The molecule has 0 atom stereocenters. The van der Waals surface area contributed by atoms with Crippen LogP contribution in [0.5, 0.6) is 5.75 Å². The molecule has 3 rings (SSSR count). The van der Waals surface area contributed by atoms with Crippen LogP contribution in [0.15, 0.2) is 59.9 Å². The number of nitrogens with zero attached hydrogens (tertiary/aromatic N) is 3. The van der Waals surface area contributed by atoms with Crippen molar-refractivity contribution in [1.29, 1.82) is 0 Å². The van der Waals surface area contributed by atoms with Gasteiger partial charge in [0.15, 0.2) is 5.96 Å². The van der Waals surface area contributed by atoms with E-state index < -0.39 is 0 Å². The molecule has 3 aromatic rings. The molecule has 0 aliphatic carbocycles. The van der Waals surface area contributed by atoms with E-state index in [1.807, 2.05) is 19.3 Å². The molecule has 0 unspecified atom stereocenters. The number of hydrogen-bond donors (Lipinski definition) is 2. The monoisotopic (exact) mass is 419 g/mol. The van der Waals surface area contributed by atoms with Gasteiger partial charge in [-0.05, 0) is 55.5 Å². The Morgan fingerprint density at radius 1 is 1.06 bits per heavy atom. The second-order valence-electron chi connectivity index (χ2n) is 7.60. The molecular formula is C25H33N5O. The highest BCUT2D eigenvalue weighted by Gasteiger charge is 2.03. The molecule has 0 fully saturated rings. The Morgan fingerprint density at radius 2 is 1.90 bits per heavy atom. The van der Waals surface area contributed by atoms with Crippen molar-refractivity contribution in [2.75, 3.05) is 20.2 Å². The van der Waals surface area contributed by atoms with Crippen LogP contribution in [0.25, 0.3) is 0 Å². The topological polar surface area (TPSA) is 63.5 Å². The first kappa shape index (κ1) is 22.4. The maximum absolute atomic E-state index is 5.43. The lowest BCUT2D eigenvalue weighted by Crippen LogP contribution is -2.38. The summed E-state index contributed by atoms with van der Waals surface area (Å²) in [5.41, 5.74) is 4.84. The Morgan fingerprint density at radius 3 is 2.65 bits per heavy atom. The third-order valence-electron chi connectivity index (χ3n) is 5.21. The molecule has 2 N–H and O–H groups in total. The second-order valence-corrected chi connectivity index (χ2v) is 7.60. The fraction of sp³-hybridized carbons (Fsp3) is 0.360. The zero-order chi connectivity index (χ0) is 22.1. The lowest BCUT2D eigenvalue weighted by molar-refractivity contribution is 0.411. The van der Waals surface area contributed by atoms with E-state index in [9.17, 15) is 0 Å². The normalized spacial score (nSPS) is 11.4. The van der Waals surface area contributed by atoms with Gasteiger partial charge in [0.2, 0.25) is 0 Å². The van der Waals surface area contributed by atoms with Gasteiger partial charge in [0.25, 0.3) is 0 Å². The van der Waals surface area contributed by atoms with E-state index in [2.05, 4.69) is 76.5 Å². The largest absolute Gasteiger partial charge is 0.496 e. The van der Waals surface area contributed by atoms with Crippen LogP contribution in [0.1, 0.15) is 35.0 Å². The van der Waals surface area contributed by atoms with E-state index >= 15 is 0 Å². The summed E-state index contributed by atoms with van der Waals surface area (Å²) >= 11 is 0. The molecule has 0 radical (unpaired) electrons. The van der Waals surface area contributed by atoms with Crippen molar-refractivity contribution in [2.45, 2.75) is 40.3 Å². The van der Waals surface area contributed by atoms with Crippen molar-refractivity contribution in [3.05, 3.63) is 82.9 Å². The van der Waals surface area contributed by atoms with Crippen LogP contribution in [-0.2, 0) is 19.5 Å². The van der Waals surface area contributed by atoms with Crippen LogP contribution in [-0.4, -0.2) is 35.7 Å². The lowest BCUT2D eigenvalue weighted by Gasteiger charge is -2.12. The molecule has 2 aromatic carbocycles. The molecule has 0 aliphatic heterocycles. The Bertz CT molecular complexity index is 1010. The van der Waals surface area contributed by atoms with Crippen molar-refractivity contribution in [1.82, 2.24) is 20.2 Å². The minimum Gasteiger partial charge on any atom is -0.496 e. The van der Waals surface area contributed by atoms with Crippen molar-refractivity contribution in [3.63, 3.8) is 0 Å². The van der Waals surface area contributed by atoms with Crippen LogP contribution >= 0.6 is 0 Å². The summed E-state index contributed by atoms with van der Waals surface area (Å²) in [6, 6.07) is 14.9. The van der Waals surface area contributed by atoms with Crippen LogP contribution < -0.4 is 15.4 Å². The zero-order valence-electron chi connectivity index (χ0n) is 19.0. The maximum atomic E-state index is 5.43. The average Bonchev–Trinajstić information content (AvgIpc) is 3.17. The highest BCUT2D eigenvalue weighted by atomic mass is 16.5. The predicted octanol–water partition coefficient (Wildman–Crippen LogP) is 3.85. The average molecular weight is 420 g/mol. The summed E-state index contributed by atoms with van der Waals surface area (Å²) < 4.78 is 7.57. The van der Waals surface area contributed by atoms with Gasteiger partial charge in [-0.25, -0.2) is 9.98 Å². The number of aromatic nitrogens is 2. The number of ether oxygens (including phenoxy) is 1. The quantitative estimate of drug-likeness (QED) is 0.408. The van der Waals surface area contributed by atoms with Crippen molar-refractivity contribution in [3.8, 4) is 5.75 Å². The molecule has 0 saturated carbocycles. The number of benzene rings is 2. The van der Waals surface area contributed by atoms with Gasteiger partial charge in [0.1, 0.15) is 11.6 Å². The van der Waals surface area contributed by atoms with Gasteiger partial charge in [0.05, 0.1) is 13.7 Å². The van der Waals surface area contributed by atoms with Crippen molar-refractivity contribution >= 4 is 5.96 Å². The number of aliphatic imine (C=N–C) groups is 1. The smallest absolute Gasteiger partial charge is 0.191 e. The van der Waals surface area contributed by atoms with E-state index in [1.165, 1.54) is 16.7 Å². The SMILES string of the molecule is CCNC(=NCc1cccc(Cn2ccnc2C)c1)NCCc1ccc(C)c(OC)c1. The first-order valence-electron chi connectivity index (χ1n) is 10.8. The van der Waals surface area contributed by atoms with E-state index in [1.54, 1.807) is 7.11 Å². The van der Waals surface area contributed by atoms with Crippen molar-refractivity contribution in [2.24, 2.45) is 4.99 Å². The third kappa shape index (κ3) is 6.60. The van der Waals surface area contributed by atoms with E-state index in [-0.39, 0.29) is 0 Å². The number of imidazole rings is 1. The number of guanidine groups is 1. The summed E-state index contributed by atoms with van der Waals surface area (Å²) in [6.07, 6.45) is 4.75. The number of hydrogen-bond acceptors (Lipinski definition) is 3. The van der Waals surface area contributed by atoms with Gasteiger partial charge in [-0.15, -0.1) is 0 Å². The first-order valence-corrected chi connectivity index (χ1v) is 10.8. The Kier molecular flexibility index (Phi) is 8.10. The van der Waals surface area contributed by atoms with Crippen LogP contribution in [0.2, 0.25) is 0 Å². The molecule has 0 amide bonds. The summed E-state index contributed by atoms with van der Waals surface area (Å²) in [5.74, 6) is 2.79. The first-order chi connectivity index (χ1) is 15.1. The number of aryl methyl sites for hydroxylation is 2. The van der Waals surface area contributed by atoms with E-state index in [4.69, 9.17) is 9.73 Å². The van der Waals surface area contributed by atoms with Gasteiger partial charge in [-0.2, -0.15) is 0 Å². The van der Waals surface area contributed by atoms with E-state index in [0.29, 0.717) is 6.54 Å². The molecule has 0 spiro atoms. The van der Waals surface area contributed by atoms with Gasteiger partial charge in [0, 0.05) is 32.0 Å². The highest BCUT2D eigenvalue weighted by Crippen LogP contribution is 2.19. The maximum Gasteiger partial charge on any atom is 0.191 e. The molecule has 6 nitrogen and oxygen atoms in total. The van der Waals surface area contributed by atoms with Gasteiger partial charge in [-0.1, -0.05) is 36.4 Å². The van der Waals surface area contributed by atoms with Crippen LogP contribution in [0.3, 0.4) is 0 Å². The third-order valence-corrected chi connectivity index (χ3v) is 5.21. The number of rotatable bonds is 9. The molecule has 0 aliphatic rings. The summed E-state index contributed by atoms with van der Waals surface area (Å²) in [5, 5.41) is 6.77. The van der Waals surface area contributed by atoms with Crippen LogP contribution in [0, 0.1) is 13.8 Å². The predicted molar refractivity (Wildman–Crippen MR) is 127 cm³/mol. The molecule has 1 aromatic heterocycles. The Labute approximate surface area is 185 Å². The van der Waals surface area contributed by atoms with Gasteiger partial charge in [-0.3, -0.25) is 0 Å². The number of nitrogens with one attached hydrogen (secondary N) is 2. The molecule has 0 saturated heterocycles. The molecule has 31 heavy (non-hydrogen) atoms. The zero-order valence-corrected chi connectivity index (χ0v) is 19.0. The summed E-state index contributed by atoms with van der Waals surface area (Å²) in [6.45, 7) is 9.24. The lowest BCUT2D eigenvalue weighted by atomic mass is 10.1. The summed E-state index contributed by atoms with van der Waals surface area (Å²) in [7, 11) is 1.71. The highest BCUT2D eigenvalue weighted by molar-refractivity contribution is 5.79. The van der Waals surface area contributed by atoms with Gasteiger partial charge >= 0.3 is 0 Å². The molecule has 1 heterocycles. The minimum absolute atomic E-state index is 0.629. The molecule has 6 heteroatoms. The molecular weight excluding hydrogens is 386 g/mol. The van der Waals surface area contributed by atoms with Crippen LogP contribution in [0.4, 0.5) is 0 Å². The second kappa shape index (κ2) is 11.2. The van der Waals surface area contributed by atoms with E-state index in [0.717, 1.165) is 49.2 Å². The summed E-state index contributed by atoms with van der Waals surface area (Å²) in [4.78, 5) is 9.07. The number of methoxy groups -OCH3 is 1. The minimum atomic E-state index is 0.629. The Hall–Kier alpha value is -3.28. The molecule has 164 valence electrons. The van der Waals surface area contributed by atoms with Crippen molar-refractivity contribution < 1.29 is 4.74 Å². The fourth-order valence-corrected chi connectivity index (χ4v) is 3.45.